The van der Waals surface area contributed by atoms with Gasteiger partial charge in [-0.25, -0.2) is 9.37 Å². The molecule has 0 saturated carbocycles. The standard InChI is InChI=1S/C19H18FN3O2/c1-2-9-23(19(24)17-7-4-11-25-17)14-18-21-8-10-22(18)13-15-5-3-6-16(20)12-15/h2-8,10-12H,1,9,13-14H2. The molecule has 3 rings (SSSR count). The predicted octanol–water partition coefficient (Wildman–Crippen LogP) is 3.49. The number of benzene rings is 1. The number of halogens is 1. The highest BCUT2D eigenvalue weighted by atomic mass is 19.1. The van der Waals surface area contributed by atoms with E-state index >= 15 is 0 Å². The minimum absolute atomic E-state index is 0.231. The zero-order valence-corrected chi connectivity index (χ0v) is 13.6. The van der Waals surface area contributed by atoms with Crippen molar-refractivity contribution < 1.29 is 13.6 Å². The fraction of sp³-hybridized carbons (Fsp3) is 0.158. The van der Waals surface area contributed by atoms with Gasteiger partial charge in [-0.15, -0.1) is 6.58 Å². The van der Waals surface area contributed by atoms with Gasteiger partial charge in [-0.1, -0.05) is 18.2 Å². The average Bonchev–Trinajstić information content (AvgIpc) is 3.26. The molecular formula is C19H18FN3O2. The van der Waals surface area contributed by atoms with Crippen LogP contribution in [0.1, 0.15) is 21.9 Å². The normalized spacial score (nSPS) is 10.6. The first kappa shape index (κ1) is 16.7. The first-order valence-corrected chi connectivity index (χ1v) is 7.85. The molecule has 1 aromatic carbocycles. The Labute approximate surface area is 145 Å². The summed E-state index contributed by atoms with van der Waals surface area (Å²) in [5.41, 5.74) is 0.826. The number of amides is 1. The second kappa shape index (κ2) is 7.61. The van der Waals surface area contributed by atoms with Crippen molar-refractivity contribution in [2.45, 2.75) is 13.1 Å². The van der Waals surface area contributed by atoms with Gasteiger partial charge in [0, 0.05) is 25.5 Å². The lowest BCUT2D eigenvalue weighted by Crippen LogP contribution is -2.31. The highest BCUT2D eigenvalue weighted by Crippen LogP contribution is 2.12. The molecule has 0 saturated heterocycles. The van der Waals surface area contributed by atoms with Gasteiger partial charge >= 0.3 is 0 Å². The number of hydrogen-bond acceptors (Lipinski definition) is 3. The molecule has 5 nitrogen and oxygen atoms in total. The van der Waals surface area contributed by atoms with Crippen LogP contribution in [0.4, 0.5) is 4.39 Å². The Morgan fingerprint density at radius 1 is 1.36 bits per heavy atom. The monoisotopic (exact) mass is 339 g/mol. The molecule has 0 N–H and O–H groups in total. The van der Waals surface area contributed by atoms with Crippen molar-refractivity contribution in [2.24, 2.45) is 0 Å². The Kier molecular flexibility index (Phi) is 5.09. The lowest BCUT2D eigenvalue weighted by molar-refractivity contribution is 0.0725. The highest BCUT2D eigenvalue weighted by molar-refractivity contribution is 5.91. The van der Waals surface area contributed by atoms with E-state index in [1.807, 2.05) is 16.8 Å². The summed E-state index contributed by atoms with van der Waals surface area (Å²) in [6, 6.07) is 9.71. The summed E-state index contributed by atoms with van der Waals surface area (Å²) in [5, 5.41) is 0. The van der Waals surface area contributed by atoms with Crippen molar-refractivity contribution in [2.75, 3.05) is 6.54 Å². The van der Waals surface area contributed by atoms with Gasteiger partial charge in [0.2, 0.25) is 0 Å². The summed E-state index contributed by atoms with van der Waals surface area (Å²) in [4.78, 5) is 18.5. The Hall–Kier alpha value is -3.15. The van der Waals surface area contributed by atoms with Crippen molar-refractivity contribution in [1.29, 1.82) is 0 Å². The zero-order valence-electron chi connectivity index (χ0n) is 13.6. The van der Waals surface area contributed by atoms with Gasteiger partial charge < -0.3 is 13.9 Å². The van der Waals surface area contributed by atoms with Gasteiger partial charge in [-0.3, -0.25) is 4.79 Å². The number of imidazole rings is 1. The average molecular weight is 339 g/mol. The summed E-state index contributed by atoms with van der Waals surface area (Å²) in [6.07, 6.45) is 6.59. The molecule has 6 heteroatoms. The number of furan rings is 1. The van der Waals surface area contributed by atoms with Crippen LogP contribution >= 0.6 is 0 Å². The van der Waals surface area contributed by atoms with Crippen LogP contribution in [0, 0.1) is 5.82 Å². The molecule has 0 aliphatic rings. The van der Waals surface area contributed by atoms with E-state index in [0.29, 0.717) is 25.5 Å². The number of hydrogen-bond donors (Lipinski definition) is 0. The van der Waals surface area contributed by atoms with Crippen LogP contribution in [-0.4, -0.2) is 26.9 Å². The summed E-state index contributed by atoms with van der Waals surface area (Å²) in [7, 11) is 0. The molecule has 25 heavy (non-hydrogen) atoms. The topological polar surface area (TPSA) is 51.3 Å². The molecule has 0 bridgehead atoms. The lowest BCUT2D eigenvalue weighted by atomic mass is 10.2. The van der Waals surface area contributed by atoms with Crippen LogP contribution in [0.5, 0.6) is 0 Å². The smallest absolute Gasteiger partial charge is 0.290 e. The minimum atomic E-state index is -0.277. The van der Waals surface area contributed by atoms with Crippen LogP contribution < -0.4 is 0 Å². The predicted molar refractivity (Wildman–Crippen MR) is 91.4 cm³/mol. The minimum Gasteiger partial charge on any atom is -0.459 e. The van der Waals surface area contributed by atoms with E-state index in [-0.39, 0.29) is 17.5 Å². The van der Waals surface area contributed by atoms with Crippen LogP contribution in [0.15, 0.2) is 72.1 Å². The maximum Gasteiger partial charge on any atom is 0.290 e. The molecule has 0 unspecified atom stereocenters. The Balaban J connectivity index is 1.78. The lowest BCUT2D eigenvalue weighted by Gasteiger charge is -2.20. The van der Waals surface area contributed by atoms with Gasteiger partial charge in [-0.2, -0.15) is 0 Å². The molecule has 1 amide bonds. The summed E-state index contributed by atoms with van der Waals surface area (Å²) in [6.45, 7) is 4.84. The third kappa shape index (κ3) is 4.03. The fourth-order valence-corrected chi connectivity index (χ4v) is 2.57. The number of nitrogens with zero attached hydrogens (tertiary/aromatic N) is 3. The van der Waals surface area contributed by atoms with Crippen LogP contribution in [0.2, 0.25) is 0 Å². The zero-order chi connectivity index (χ0) is 17.6. The third-order valence-corrected chi connectivity index (χ3v) is 3.74. The van der Waals surface area contributed by atoms with Gasteiger partial charge in [0.25, 0.3) is 5.91 Å². The highest BCUT2D eigenvalue weighted by Gasteiger charge is 2.19. The summed E-state index contributed by atoms with van der Waals surface area (Å²) >= 11 is 0. The van der Waals surface area contributed by atoms with E-state index in [4.69, 9.17) is 4.42 Å². The van der Waals surface area contributed by atoms with Crippen molar-refractivity contribution in [3.8, 4) is 0 Å². The Morgan fingerprint density at radius 3 is 2.96 bits per heavy atom. The van der Waals surface area contributed by atoms with Gasteiger partial charge in [0.05, 0.1) is 12.8 Å². The van der Waals surface area contributed by atoms with Crippen molar-refractivity contribution >= 4 is 5.91 Å². The van der Waals surface area contributed by atoms with E-state index in [0.717, 1.165) is 5.56 Å². The maximum absolute atomic E-state index is 13.4. The maximum atomic E-state index is 13.4. The Bertz CT molecular complexity index is 855. The van der Waals surface area contributed by atoms with E-state index in [9.17, 15) is 9.18 Å². The molecular weight excluding hydrogens is 321 g/mol. The molecule has 2 aromatic heterocycles. The molecule has 0 spiro atoms. The summed E-state index contributed by atoms with van der Waals surface area (Å²) < 4.78 is 20.4. The van der Waals surface area contributed by atoms with Crippen LogP contribution in [-0.2, 0) is 13.1 Å². The largest absolute Gasteiger partial charge is 0.459 e. The van der Waals surface area contributed by atoms with Crippen LogP contribution in [0.3, 0.4) is 0 Å². The van der Waals surface area contributed by atoms with Crippen molar-refractivity contribution in [3.05, 3.63) is 90.7 Å². The number of carbonyl (C=O) groups excluding carboxylic acids is 1. The molecule has 2 heterocycles. The van der Waals surface area contributed by atoms with Gasteiger partial charge in [0.1, 0.15) is 11.6 Å². The van der Waals surface area contributed by atoms with E-state index in [1.165, 1.54) is 18.4 Å². The number of aromatic nitrogens is 2. The SMILES string of the molecule is C=CCN(Cc1nccn1Cc1cccc(F)c1)C(=O)c1ccco1. The molecule has 128 valence electrons. The molecule has 3 aromatic rings. The van der Waals surface area contributed by atoms with E-state index < -0.39 is 0 Å². The van der Waals surface area contributed by atoms with Crippen molar-refractivity contribution in [1.82, 2.24) is 14.5 Å². The first-order valence-electron chi connectivity index (χ1n) is 7.85. The van der Waals surface area contributed by atoms with Gasteiger partial charge in [0.15, 0.2) is 5.76 Å². The molecule has 0 atom stereocenters. The first-order chi connectivity index (χ1) is 12.2. The van der Waals surface area contributed by atoms with E-state index in [2.05, 4.69) is 11.6 Å². The number of rotatable bonds is 7. The third-order valence-electron chi connectivity index (χ3n) is 3.74. The molecule has 0 radical (unpaired) electrons. The van der Waals surface area contributed by atoms with E-state index in [1.54, 1.807) is 35.4 Å². The molecule has 0 aliphatic heterocycles. The second-order valence-electron chi connectivity index (χ2n) is 5.55. The molecule has 0 aliphatic carbocycles. The summed E-state index contributed by atoms with van der Waals surface area (Å²) in [5.74, 6) is 0.460. The van der Waals surface area contributed by atoms with Crippen LogP contribution in [0.25, 0.3) is 0 Å². The Morgan fingerprint density at radius 2 is 2.24 bits per heavy atom. The quantitative estimate of drug-likeness (QED) is 0.619. The van der Waals surface area contributed by atoms with Crippen molar-refractivity contribution in [3.63, 3.8) is 0 Å². The second-order valence-corrected chi connectivity index (χ2v) is 5.55. The fourth-order valence-electron chi connectivity index (χ4n) is 2.57. The number of carbonyl (C=O) groups is 1. The van der Waals surface area contributed by atoms with Gasteiger partial charge in [-0.05, 0) is 29.8 Å². The molecule has 0 fully saturated rings.